The van der Waals surface area contributed by atoms with E-state index in [9.17, 15) is 14.4 Å². The average Bonchev–Trinajstić information content (AvgIpc) is 3.03. The van der Waals surface area contributed by atoms with Crippen LogP contribution in [0.1, 0.15) is 71.5 Å². The second kappa shape index (κ2) is 16.6. The van der Waals surface area contributed by atoms with Crippen LogP contribution in [0.25, 0.3) is 0 Å². The fraction of sp³-hybridized carbons (Fsp3) is 0.543. The second-order valence-electron chi connectivity index (χ2n) is 12.6. The minimum atomic E-state index is -0.225. The van der Waals surface area contributed by atoms with Gasteiger partial charge in [0, 0.05) is 63.6 Å². The number of hydrogen-bond acceptors (Lipinski definition) is 6. The SMILES string of the molecule is CNC(=O)CC1CCCN(C2CCN(CCC(C(CN(C)C(=O)c3cc(C)cc(C)c3)=NOC)c3ccc(Cl)c(Cl)c3)CC2)C1=O. The van der Waals surface area contributed by atoms with Crippen molar-refractivity contribution in [3.05, 3.63) is 68.7 Å². The molecule has 2 aliphatic heterocycles. The summed E-state index contributed by atoms with van der Waals surface area (Å²) in [6.45, 7) is 7.54. The van der Waals surface area contributed by atoms with Crippen LogP contribution in [0.4, 0.5) is 0 Å². The van der Waals surface area contributed by atoms with Crippen molar-refractivity contribution in [1.82, 2.24) is 20.0 Å². The summed E-state index contributed by atoms with van der Waals surface area (Å²) in [7, 11) is 4.91. The van der Waals surface area contributed by atoms with Crippen molar-refractivity contribution in [3.63, 3.8) is 0 Å². The Morgan fingerprint density at radius 1 is 1.04 bits per heavy atom. The van der Waals surface area contributed by atoms with Crippen molar-refractivity contribution >= 4 is 46.6 Å². The van der Waals surface area contributed by atoms with Crippen molar-refractivity contribution in [1.29, 1.82) is 0 Å². The highest BCUT2D eigenvalue weighted by Crippen LogP contribution is 2.31. The van der Waals surface area contributed by atoms with Crippen molar-refractivity contribution in [2.24, 2.45) is 11.1 Å². The van der Waals surface area contributed by atoms with Gasteiger partial charge in [-0.1, -0.05) is 51.6 Å². The molecule has 2 unspecified atom stereocenters. The normalized spacial score (nSPS) is 18.8. The molecular formula is C35H47Cl2N5O4. The van der Waals surface area contributed by atoms with Gasteiger partial charge in [-0.2, -0.15) is 0 Å². The molecule has 2 fully saturated rings. The van der Waals surface area contributed by atoms with Crippen LogP contribution in [0, 0.1) is 19.8 Å². The molecule has 3 amide bonds. The van der Waals surface area contributed by atoms with Crippen LogP contribution in [-0.2, 0) is 14.4 Å². The summed E-state index contributed by atoms with van der Waals surface area (Å²) >= 11 is 12.7. The van der Waals surface area contributed by atoms with Crippen LogP contribution in [0.2, 0.25) is 10.0 Å². The van der Waals surface area contributed by atoms with Crippen LogP contribution in [0.15, 0.2) is 41.6 Å². The zero-order chi connectivity index (χ0) is 33.4. The smallest absolute Gasteiger partial charge is 0.253 e. The van der Waals surface area contributed by atoms with E-state index in [-0.39, 0.29) is 48.6 Å². The number of piperidine rings is 2. The maximum absolute atomic E-state index is 13.5. The van der Waals surface area contributed by atoms with Crippen LogP contribution < -0.4 is 5.32 Å². The zero-order valence-electron chi connectivity index (χ0n) is 27.7. The predicted octanol–water partition coefficient (Wildman–Crippen LogP) is 5.70. The molecule has 2 aromatic rings. The fourth-order valence-corrected chi connectivity index (χ4v) is 7.13. The van der Waals surface area contributed by atoms with Gasteiger partial charge in [-0.05, 0) is 82.3 Å². The molecule has 4 rings (SSSR count). The second-order valence-corrected chi connectivity index (χ2v) is 13.5. The Morgan fingerprint density at radius 2 is 1.74 bits per heavy atom. The Balaban J connectivity index is 1.44. The number of rotatable bonds is 12. The topological polar surface area (TPSA) is 94.6 Å². The summed E-state index contributed by atoms with van der Waals surface area (Å²) in [5.41, 5.74) is 4.38. The first-order chi connectivity index (χ1) is 22.0. The van der Waals surface area contributed by atoms with Gasteiger partial charge in [0.15, 0.2) is 0 Å². The molecule has 2 atom stereocenters. The van der Waals surface area contributed by atoms with E-state index < -0.39 is 0 Å². The quantitative estimate of drug-likeness (QED) is 0.231. The number of oxime groups is 1. The number of likely N-dealkylation sites (tertiary alicyclic amines) is 2. The van der Waals surface area contributed by atoms with E-state index in [1.807, 2.05) is 49.1 Å². The lowest BCUT2D eigenvalue weighted by molar-refractivity contribution is -0.144. The van der Waals surface area contributed by atoms with Crippen LogP contribution in [0.3, 0.4) is 0 Å². The molecule has 2 aromatic carbocycles. The van der Waals surface area contributed by atoms with Crippen molar-refractivity contribution < 1.29 is 19.2 Å². The predicted molar refractivity (Wildman–Crippen MR) is 184 cm³/mol. The molecule has 11 heteroatoms. The minimum Gasteiger partial charge on any atom is -0.399 e. The molecule has 46 heavy (non-hydrogen) atoms. The number of carbonyl (C=O) groups is 3. The molecule has 0 spiro atoms. The van der Waals surface area contributed by atoms with E-state index >= 15 is 0 Å². The van der Waals surface area contributed by atoms with E-state index in [0.717, 1.165) is 80.7 Å². The summed E-state index contributed by atoms with van der Waals surface area (Å²) in [6, 6.07) is 11.7. The van der Waals surface area contributed by atoms with Crippen LogP contribution >= 0.6 is 23.2 Å². The van der Waals surface area contributed by atoms with Crippen LogP contribution in [-0.4, -0.2) is 98.1 Å². The number of hydrogen-bond donors (Lipinski definition) is 1. The van der Waals surface area contributed by atoms with Gasteiger partial charge in [-0.15, -0.1) is 0 Å². The summed E-state index contributed by atoms with van der Waals surface area (Å²) in [6.07, 6.45) is 4.48. The third-order valence-corrected chi connectivity index (χ3v) is 9.94. The third kappa shape index (κ3) is 9.23. The molecule has 0 bridgehead atoms. The molecule has 9 nitrogen and oxygen atoms in total. The van der Waals surface area contributed by atoms with Crippen molar-refractivity contribution in [3.8, 4) is 0 Å². The molecular weight excluding hydrogens is 625 g/mol. The molecule has 2 heterocycles. The molecule has 0 aromatic heterocycles. The monoisotopic (exact) mass is 671 g/mol. The Morgan fingerprint density at radius 3 is 2.37 bits per heavy atom. The largest absolute Gasteiger partial charge is 0.399 e. The van der Waals surface area contributed by atoms with Gasteiger partial charge < -0.3 is 24.9 Å². The Labute approximate surface area is 283 Å². The summed E-state index contributed by atoms with van der Waals surface area (Å²) in [5.74, 6) is -0.444. The van der Waals surface area contributed by atoms with Gasteiger partial charge in [0.25, 0.3) is 5.91 Å². The molecule has 1 N–H and O–H groups in total. The number of nitrogens with one attached hydrogen (secondary N) is 1. The van der Waals surface area contributed by atoms with Gasteiger partial charge in [0.2, 0.25) is 11.8 Å². The molecule has 0 saturated carbocycles. The Bertz CT molecular complexity index is 1410. The fourth-order valence-electron chi connectivity index (χ4n) is 6.83. The maximum Gasteiger partial charge on any atom is 0.253 e. The maximum atomic E-state index is 13.5. The molecule has 0 aliphatic carbocycles. The lowest BCUT2D eigenvalue weighted by atomic mass is 9.89. The highest BCUT2D eigenvalue weighted by molar-refractivity contribution is 6.42. The van der Waals surface area contributed by atoms with Crippen molar-refractivity contribution in [2.75, 3.05) is 53.9 Å². The average molecular weight is 673 g/mol. The van der Waals surface area contributed by atoms with E-state index in [4.69, 9.17) is 28.0 Å². The highest BCUT2D eigenvalue weighted by Gasteiger charge is 2.36. The first-order valence-electron chi connectivity index (χ1n) is 16.1. The number of benzene rings is 2. The summed E-state index contributed by atoms with van der Waals surface area (Å²) in [4.78, 5) is 50.1. The number of amides is 3. The van der Waals surface area contributed by atoms with Gasteiger partial charge in [-0.3, -0.25) is 14.4 Å². The number of aryl methyl sites for hydroxylation is 2. The Hall–Kier alpha value is -3.14. The van der Waals surface area contributed by atoms with Crippen LogP contribution in [0.5, 0.6) is 0 Å². The Kier molecular flexibility index (Phi) is 12.9. The van der Waals surface area contributed by atoms with E-state index in [1.54, 1.807) is 25.1 Å². The number of halogens is 2. The molecule has 2 saturated heterocycles. The minimum absolute atomic E-state index is 0.0799. The van der Waals surface area contributed by atoms with Crippen molar-refractivity contribution in [2.45, 2.75) is 64.3 Å². The number of nitrogens with zero attached hydrogens (tertiary/aromatic N) is 4. The highest BCUT2D eigenvalue weighted by atomic mass is 35.5. The van der Waals surface area contributed by atoms with E-state index in [2.05, 4.69) is 15.4 Å². The first kappa shape index (κ1) is 35.7. The lowest BCUT2D eigenvalue weighted by Gasteiger charge is -2.42. The molecule has 250 valence electrons. The van der Waals surface area contributed by atoms with E-state index in [1.165, 1.54) is 7.11 Å². The first-order valence-corrected chi connectivity index (χ1v) is 16.9. The third-order valence-electron chi connectivity index (χ3n) is 9.20. The van der Waals surface area contributed by atoms with Gasteiger partial charge in [0.1, 0.15) is 7.11 Å². The zero-order valence-corrected chi connectivity index (χ0v) is 29.2. The summed E-state index contributed by atoms with van der Waals surface area (Å²) in [5, 5.41) is 8.03. The standard InChI is InChI=1S/C35H47Cl2N5O4/c1-23-17-24(2)19-27(18-23)34(44)40(4)22-32(39-46-5)29(25-8-9-30(36)31(37)20-25)12-16-41-14-10-28(11-15-41)42-13-6-7-26(35(42)45)21-33(43)38-3/h8-9,17-20,26,28-29H,6-7,10-16,21-22H2,1-5H3,(H,38,43). The number of carbonyl (C=O) groups excluding carboxylic acids is 3. The molecule has 2 aliphatic rings. The van der Waals surface area contributed by atoms with Gasteiger partial charge >= 0.3 is 0 Å². The summed E-state index contributed by atoms with van der Waals surface area (Å²) < 4.78 is 0. The van der Waals surface area contributed by atoms with E-state index in [0.29, 0.717) is 15.6 Å². The van der Waals surface area contributed by atoms with Gasteiger partial charge in [-0.25, -0.2) is 0 Å². The van der Waals surface area contributed by atoms with Gasteiger partial charge in [0.05, 0.1) is 22.3 Å². The molecule has 0 radical (unpaired) electrons. The lowest BCUT2D eigenvalue weighted by Crippen LogP contribution is -2.52.